The topological polar surface area (TPSA) is 117 Å². The van der Waals surface area contributed by atoms with Crippen molar-refractivity contribution in [1.29, 1.82) is 0 Å². The number of aliphatic imine (C=N–C) groups is 2. The number of benzene rings is 1. The summed E-state index contributed by atoms with van der Waals surface area (Å²) in [4.78, 5) is 31.7. The van der Waals surface area contributed by atoms with Gasteiger partial charge >= 0.3 is 0 Å². The molecule has 10 heteroatoms. The van der Waals surface area contributed by atoms with E-state index in [9.17, 15) is 18.0 Å². The van der Waals surface area contributed by atoms with E-state index in [1.165, 1.54) is 49.6 Å². The molecular formula is C31H31ClN4O4S. The van der Waals surface area contributed by atoms with E-state index in [0.717, 1.165) is 0 Å². The number of halogens is 1. The molecule has 41 heavy (non-hydrogen) atoms. The predicted octanol–water partition coefficient (Wildman–Crippen LogP) is 5.91. The maximum Gasteiger partial charge on any atom is 0.259 e. The van der Waals surface area contributed by atoms with E-state index in [1.54, 1.807) is 38.3 Å². The highest BCUT2D eigenvalue weighted by molar-refractivity contribution is 7.93. The van der Waals surface area contributed by atoms with Gasteiger partial charge in [0, 0.05) is 35.3 Å². The van der Waals surface area contributed by atoms with Gasteiger partial charge in [-0.25, -0.2) is 13.4 Å². The lowest BCUT2D eigenvalue weighted by atomic mass is 10.1. The van der Waals surface area contributed by atoms with Crippen LogP contribution in [0.2, 0.25) is 5.02 Å². The largest absolute Gasteiger partial charge is 0.322 e. The van der Waals surface area contributed by atoms with Crippen molar-refractivity contribution in [3.8, 4) is 11.8 Å². The van der Waals surface area contributed by atoms with Crippen molar-refractivity contribution in [1.82, 2.24) is 4.72 Å². The minimum absolute atomic E-state index is 0.00112. The first-order valence-corrected chi connectivity index (χ1v) is 14.3. The summed E-state index contributed by atoms with van der Waals surface area (Å²) in [5, 5.41) is 3.32. The molecule has 1 unspecified atom stereocenters. The zero-order chi connectivity index (χ0) is 30.3. The molecule has 0 bridgehead atoms. The van der Waals surface area contributed by atoms with Crippen LogP contribution in [0.5, 0.6) is 0 Å². The second kappa shape index (κ2) is 16.6. The van der Waals surface area contributed by atoms with Gasteiger partial charge < -0.3 is 5.32 Å². The highest BCUT2D eigenvalue weighted by Gasteiger charge is 2.14. The summed E-state index contributed by atoms with van der Waals surface area (Å²) in [5.41, 5.74) is 2.21. The number of rotatable bonds is 11. The van der Waals surface area contributed by atoms with Crippen LogP contribution in [0, 0.1) is 17.8 Å². The maximum atomic E-state index is 12.8. The molecule has 1 aromatic rings. The number of carbonyl (C=O) groups is 2. The molecule has 212 valence electrons. The van der Waals surface area contributed by atoms with Crippen LogP contribution >= 0.6 is 11.6 Å². The number of sulfonamides is 1. The van der Waals surface area contributed by atoms with Gasteiger partial charge in [0.25, 0.3) is 15.9 Å². The standard InChI is InChI=1S/C31H31ClN4O4S/c1-5-25(14-11-21-37)13-10-12-24(4)41(39,40)36-30(33-6-2)19-16-23(3)31(38)35-26-17-18-28(32)27(22-26)29-15-8-7-9-20-34-29/h5-7,9,11-12,14-22,25,36H,1,8H2,2-4H3,(H,35,38)/b14-11+,23-16+,24-12+,30-19+,33-6+. The summed E-state index contributed by atoms with van der Waals surface area (Å²) in [7, 11) is -3.98. The lowest BCUT2D eigenvalue weighted by Gasteiger charge is -2.10. The van der Waals surface area contributed by atoms with Crippen molar-refractivity contribution in [2.24, 2.45) is 15.9 Å². The number of allylic oxidation sites excluding steroid dienone is 10. The molecular weight excluding hydrogens is 560 g/mol. The molecule has 0 radical (unpaired) electrons. The fraction of sp³-hybridized carbons (Fsp3) is 0.161. The van der Waals surface area contributed by atoms with Gasteiger partial charge in [-0.3, -0.25) is 19.3 Å². The van der Waals surface area contributed by atoms with Crippen molar-refractivity contribution < 1.29 is 18.0 Å². The second-order valence-electron chi connectivity index (χ2n) is 8.40. The van der Waals surface area contributed by atoms with Crippen LogP contribution in [-0.2, 0) is 19.6 Å². The molecule has 1 amide bonds. The normalized spacial score (nSPS) is 15.1. The zero-order valence-electron chi connectivity index (χ0n) is 23.0. The molecule has 8 nitrogen and oxygen atoms in total. The van der Waals surface area contributed by atoms with E-state index in [-0.39, 0.29) is 10.7 Å². The van der Waals surface area contributed by atoms with Crippen LogP contribution in [-0.4, -0.2) is 33.0 Å². The van der Waals surface area contributed by atoms with E-state index in [2.05, 4.69) is 38.4 Å². The van der Waals surface area contributed by atoms with Gasteiger partial charge in [-0.05, 0) is 63.6 Å². The summed E-state index contributed by atoms with van der Waals surface area (Å²) in [6.07, 6.45) is 18.6. The Balaban J connectivity index is 2.20. The fourth-order valence-electron chi connectivity index (χ4n) is 3.11. The minimum Gasteiger partial charge on any atom is -0.322 e. The van der Waals surface area contributed by atoms with Gasteiger partial charge in [0.15, 0.2) is 0 Å². The van der Waals surface area contributed by atoms with Crippen molar-refractivity contribution in [2.75, 3.05) is 5.32 Å². The fourth-order valence-corrected chi connectivity index (χ4v) is 4.10. The average molecular weight is 591 g/mol. The Labute approximate surface area is 246 Å². The smallest absolute Gasteiger partial charge is 0.259 e. The van der Waals surface area contributed by atoms with Crippen LogP contribution in [0.3, 0.4) is 0 Å². The lowest BCUT2D eigenvalue weighted by molar-refractivity contribution is -0.112. The van der Waals surface area contributed by atoms with Crippen molar-refractivity contribution in [2.45, 2.75) is 27.2 Å². The molecule has 1 aliphatic heterocycles. The number of amides is 1. The Kier molecular flexibility index (Phi) is 13.2. The Hall–Kier alpha value is -4.52. The SMILES string of the molecule is C=CC(C#C/C=C(\C)S(=O)(=O)NC(=C/C=C(\C)C(=O)Nc1ccc(Cl)c(C2=CCC=CC=N2)c1)/N=C/C)/C=C/C=O. The number of nitrogens with one attached hydrogen (secondary N) is 2. The maximum absolute atomic E-state index is 12.8. The lowest BCUT2D eigenvalue weighted by Crippen LogP contribution is -2.23. The van der Waals surface area contributed by atoms with Gasteiger partial charge in [-0.2, -0.15) is 0 Å². The highest BCUT2D eigenvalue weighted by Crippen LogP contribution is 2.29. The number of aldehydes is 1. The predicted molar refractivity (Wildman–Crippen MR) is 169 cm³/mol. The molecule has 0 spiro atoms. The Morgan fingerprint density at radius 2 is 2.05 bits per heavy atom. The van der Waals surface area contributed by atoms with Gasteiger partial charge in [-0.1, -0.05) is 53.8 Å². The molecule has 0 aliphatic carbocycles. The van der Waals surface area contributed by atoms with Crippen LogP contribution in [0.25, 0.3) is 5.70 Å². The number of nitrogens with zero attached hydrogens (tertiary/aromatic N) is 2. The molecule has 0 aromatic heterocycles. The van der Waals surface area contributed by atoms with Crippen LogP contribution < -0.4 is 10.0 Å². The Morgan fingerprint density at radius 1 is 1.27 bits per heavy atom. The van der Waals surface area contributed by atoms with Crippen molar-refractivity contribution in [3.63, 3.8) is 0 Å². The quantitative estimate of drug-likeness (QED) is 0.0831. The Bertz CT molecular complexity index is 1580. The molecule has 0 saturated heterocycles. The van der Waals surface area contributed by atoms with Crippen LogP contribution in [0.15, 0.2) is 106 Å². The average Bonchev–Trinajstić information content (AvgIpc) is 3.23. The third-order valence-electron chi connectivity index (χ3n) is 5.34. The molecule has 1 heterocycles. The molecule has 2 N–H and O–H groups in total. The first-order chi connectivity index (χ1) is 19.6. The minimum atomic E-state index is -3.98. The van der Waals surface area contributed by atoms with E-state index < -0.39 is 21.8 Å². The van der Waals surface area contributed by atoms with Crippen LogP contribution in [0.1, 0.15) is 32.8 Å². The summed E-state index contributed by atoms with van der Waals surface area (Å²) in [6.45, 7) is 8.23. The molecule has 0 fully saturated rings. The second-order valence-corrected chi connectivity index (χ2v) is 10.7. The van der Waals surface area contributed by atoms with E-state index in [4.69, 9.17) is 11.6 Å². The number of carbonyl (C=O) groups excluding carboxylic acids is 2. The van der Waals surface area contributed by atoms with Crippen LogP contribution in [0.4, 0.5) is 5.69 Å². The Morgan fingerprint density at radius 3 is 2.76 bits per heavy atom. The number of hydrogen-bond donors (Lipinski definition) is 2. The zero-order valence-corrected chi connectivity index (χ0v) is 24.5. The summed E-state index contributed by atoms with van der Waals surface area (Å²) in [5.74, 6) is 4.64. The highest BCUT2D eigenvalue weighted by atomic mass is 35.5. The molecule has 2 rings (SSSR count). The summed E-state index contributed by atoms with van der Waals surface area (Å²) in [6, 6.07) is 5.11. The first-order valence-electron chi connectivity index (χ1n) is 12.4. The molecule has 1 atom stereocenters. The third-order valence-corrected chi connectivity index (χ3v) is 7.11. The van der Waals surface area contributed by atoms with Crippen molar-refractivity contribution in [3.05, 3.63) is 106 Å². The third kappa shape index (κ3) is 10.9. The molecule has 0 saturated carbocycles. The van der Waals surface area contributed by atoms with E-state index in [0.29, 0.717) is 40.3 Å². The number of hydrogen-bond acceptors (Lipinski definition) is 6. The molecule has 1 aromatic carbocycles. The molecule has 1 aliphatic rings. The van der Waals surface area contributed by atoms with Gasteiger partial charge in [0.2, 0.25) is 0 Å². The van der Waals surface area contributed by atoms with E-state index in [1.807, 2.05) is 18.2 Å². The number of anilines is 1. The summed E-state index contributed by atoms with van der Waals surface area (Å²) < 4.78 is 28.0. The monoisotopic (exact) mass is 590 g/mol. The first kappa shape index (κ1) is 32.7. The van der Waals surface area contributed by atoms with Gasteiger partial charge in [-0.15, -0.1) is 6.58 Å². The van der Waals surface area contributed by atoms with Crippen molar-refractivity contribution >= 4 is 57.6 Å². The summed E-state index contributed by atoms with van der Waals surface area (Å²) >= 11 is 6.37. The van der Waals surface area contributed by atoms with Gasteiger partial charge in [0.05, 0.1) is 21.5 Å². The van der Waals surface area contributed by atoms with Gasteiger partial charge in [0.1, 0.15) is 12.1 Å². The van der Waals surface area contributed by atoms with E-state index >= 15 is 0 Å².